The molecule has 172 valence electrons. The number of anilines is 1. The minimum Gasteiger partial charge on any atom is -0.508 e. The van der Waals surface area contributed by atoms with Crippen molar-refractivity contribution in [1.82, 2.24) is 10.3 Å². The number of likely N-dealkylation sites (N-methyl/N-ethyl adjacent to an activating group) is 1. The second-order valence-corrected chi connectivity index (χ2v) is 7.69. The smallest absolute Gasteiger partial charge is 0.263 e. The quantitative estimate of drug-likeness (QED) is 0.433. The van der Waals surface area contributed by atoms with Crippen LogP contribution in [0.4, 0.5) is 5.69 Å². The van der Waals surface area contributed by atoms with E-state index >= 15 is 0 Å². The largest absolute Gasteiger partial charge is 0.508 e. The lowest BCUT2D eigenvalue weighted by atomic mass is 10.0. The molecule has 2 amide bonds. The average Bonchev–Trinajstić information content (AvgIpc) is 2.83. The highest BCUT2D eigenvalue weighted by Crippen LogP contribution is 2.17. The van der Waals surface area contributed by atoms with Crippen molar-refractivity contribution in [1.29, 1.82) is 0 Å². The van der Waals surface area contributed by atoms with Gasteiger partial charge in [0.25, 0.3) is 11.8 Å². The molecule has 3 aromatic carbocycles. The maximum atomic E-state index is 13.5. The van der Waals surface area contributed by atoms with Crippen LogP contribution in [-0.2, 0) is 11.2 Å². The van der Waals surface area contributed by atoms with Gasteiger partial charge in [0, 0.05) is 18.5 Å². The van der Waals surface area contributed by atoms with Crippen LogP contribution in [0.3, 0.4) is 0 Å². The molecular formula is C26H29N3O4. The zero-order chi connectivity index (χ0) is 23.8. The maximum absolute atomic E-state index is 13.5. The Morgan fingerprint density at radius 1 is 1.03 bits per heavy atom. The number of amides is 2. The number of rotatable bonds is 9. The number of benzene rings is 3. The molecule has 0 bridgehead atoms. The second kappa shape index (κ2) is 11.0. The SMILES string of the molecule is CCN(Nc1ccc(OC)cc1)C(=O)C(Cc1ccc(O)cc1)NC(=O)c1cccc(C)c1. The summed E-state index contributed by atoms with van der Waals surface area (Å²) in [7, 11) is 1.59. The minimum absolute atomic E-state index is 0.141. The number of carbonyl (C=O) groups is 2. The molecule has 0 radical (unpaired) electrons. The standard InChI is InChI=1S/C26H29N3O4/c1-4-29(28-21-10-14-23(33-3)15-11-21)26(32)24(17-19-8-12-22(30)13-9-19)27-25(31)20-7-5-6-18(2)16-20/h5-16,24,28,30H,4,17H2,1-3H3,(H,27,31). The van der Waals surface area contributed by atoms with Gasteiger partial charge in [0.05, 0.1) is 12.8 Å². The van der Waals surface area contributed by atoms with Crippen molar-refractivity contribution in [3.63, 3.8) is 0 Å². The second-order valence-electron chi connectivity index (χ2n) is 7.69. The number of hydrogen-bond donors (Lipinski definition) is 3. The highest BCUT2D eigenvalue weighted by molar-refractivity contribution is 5.98. The Kier molecular flexibility index (Phi) is 7.91. The van der Waals surface area contributed by atoms with E-state index in [0.29, 0.717) is 17.9 Å². The van der Waals surface area contributed by atoms with Gasteiger partial charge in [-0.2, -0.15) is 0 Å². The molecule has 33 heavy (non-hydrogen) atoms. The first kappa shape index (κ1) is 23.7. The van der Waals surface area contributed by atoms with E-state index in [1.807, 2.05) is 38.1 Å². The van der Waals surface area contributed by atoms with Crippen molar-refractivity contribution >= 4 is 17.5 Å². The van der Waals surface area contributed by atoms with Crippen molar-refractivity contribution in [2.75, 3.05) is 19.1 Å². The number of nitrogens with one attached hydrogen (secondary N) is 2. The maximum Gasteiger partial charge on any atom is 0.263 e. The Morgan fingerprint density at radius 2 is 1.73 bits per heavy atom. The number of aryl methyl sites for hydroxylation is 1. The summed E-state index contributed by atoms with van der Waals surface area (Å²) < 4.78 is 5.18. The number of phenolic OH excluding ortho intramolecular Hbond substituents is 1. The summed E-state index contributed by atoms with van der Waals surface area (Å²) in [5.74, 6) is 0.256. The van der Waals surface area contributed by atoms with Crippen molar-refractivity contribution in [3.8, 4) is 11.5 Å². The van der Waals surface area contributed by atoms with Crippen molar-refractivity contribution in [3.05, 3.63) is 89.5 Å². The molecule has 3 aromatic rings. The van der Waals surface area contributed by atoms with Crippen molar-refractivity contribution < 1.29 is 19.4 Å². The van der Waals surface area contributed by atoms with E-state index in [-0.39, 0.29) is 24.0 Å². The summed E-state index contributed by atoms with van der Waals surface area (Å²) in [6, 6.07) is 20.2. The van der Waals surface area contributed by atoms with Crippen LogP contribution in [0.25, 0.3) is 0 Å². The van der Waals surface area contributed by atoms with E-state index in [0.717, 1.165) is 16.8 Å². The van der Waals surface area contributed by atoms with Gasteiger partial charge in [-0.25, -0.2) is 0 Å². The van der Waals surface area contributed by atoms with Gasteiger partial charge < -0.3 is 15.2 Å². The molecule has 3 rings (SSSR count). The van der Waals surface area contributed by atoms with E-state index < -0.39 is 6.04 Å². The van der Waals surface area contributed by atoms with Crippen molar-refractivity contribution in [2.45, 2.75) is 26.3 Å². The van der Waals surface area contributed by atoms with Crippen LogP contribution in [0.1, 0.15) is 28.4 Å². The molecule has 0 heterocycles. The molecule has 0 saturated carbocycles. The van der Waals surface area contributed by atoms with Crippen LogP contribution >= 0.6 is 0 Å². The number of nitrogens with zero attached hydrogens (tertiary/aromatic N) is 1. The van der Waals surface area contributed by atoms with Crippen LogP contribution in [-0.4, -0.2) is 41.6 Å². The van der Waals surface area contributed by atoms with Gasteiger partial charge >= 0.3 is 0 Å². The Bertz CT molecular complexity index is 1080. The van der Waals surface area contributed by atoms with Crippen LogP contribution in [0, 0.1) is 6.92 Å². The first-order valence-electron chi connectivity index (χ1n) is 10.8. The van der Waals surface area contributed by atoms with Crippen LogP contribution in [0.2, 0.25) is 0 Å². The number of hydrogen-bond acceptors (Lipinski definition) is 5. The van der Waals surface area contributed by atoms with Gasteiger partial charge in [-0.1, -0.05) is 29.8 Å². The van der Waals surface area contributed by atoms with Crippen LogP contribution in [0.5, 0.6) is 11.5 Å². The fourth-order valence-corrected chi connectivity index (χ4v) is 3.40. The number of hydrazine groups is 1. The zero-order valence-corrected chi connectivity index (χ0v) is 19.0. The molecule has 7 nitrogen and oxygen atoms in total. The fourth-order valence-electron chi connectivity index (χ4n) is 3.40. The molecule has 0 fully saturated rings. The summed E-state index contributed by atoms with van der Waals surface area (Å²) in [6.45, 7) is 4.15. The highest BCUT2D eigenvalue weighted by atomic mass is 16.5. The van der Waals surface area contributed by atoms with Gasteiger partial charge in [-0.15, -0.1) is 0 Å². The molecule has 0 spiro atoms. The lowest BCUT2D eigenvalue weighted by Crippen LogP contribution is -2.51. The number of carbonyl (C=O) groups excluding carboxylic acids is 2. The number of aromatic hydroxyl groups is 1. The third-order valence-electron chi connectivity index (χ3n) is 5.20. The average molecular weight is 448 g/mol. The molecule has 0 aliphatic rings. The number of phenols is 1. The van der Waals surface area contributed by atoms with E-state index in [2.05, 4.69) is 10.7 Å². The minimum atomic E-state index is -0.812. The highest BCUT2D eigenvalue weighted by Gasteiger charge is 2.26. The topological polar surface area (TPSA) is 90.9 Å². The Morgan fingerprint density at radius 3 is 2.33 bits per heavy atom. The van der Waals surface area contributed by atoms with Gasteiger partial charge in [0.2, 0.25) is 0 Å². The summed E-state index contributed by atoms with van der Waals surface area (Å²) >= 11 is 0. The van der Waals surface area contributed by atoms with E-state index in [1.54, 1.807) is 55.6 Å². The first-order chi connectivity index (χ1) is 15.9. The molecule has 0 aliphatic heterocycles. The molecule has 0 aliphatic carbocycles. The van der Waals surface area contributed by atoms with Crippen LogP contribution < -0.4 is 15.5 Å². The Hall–Kier alpha value is -4.00. The van der Waals surface area contributed by atoms with E-state index in [4.69, 9.17) is 4.74 Å². The number of methoxy groups -OCH3 is 1. The molecule has 1 atom stereocenters. The molecule has 3 N–H and O–H groups in total. The normalized spacial score (nSPS) is 11.4. The van der Waals surface area contributed by atoms with E-state index in [9.17, 15) is 14.7 Å². The fraction of sp³-hybridized carbons (Fsp3) is 0.231. The predicted molar refractivity (Wildman–Crippen MR) is 128 cm³/mol. The summed E-state index contributed by atoms with van der Waals surface area (Å²) in [5.41, 5.74) is 6.10. The summed E-state index contributed by atoms with van der Waals surface area (Å²) in [6.07, 6.45) is 0.275. The van der Waals surface area contributed by atoms with Gasteiger partial charge in [-0.05, 0) is 67.9 Å². The van der Waals surface area contributed by atoms with Gasteiger partial charge in [-0.3, -0.25) is 20.0 Å². The van der Waals surface area contributed by atoms with Gasteiger partial charge in [0.15, 0.2) is 0 Å². The van der Waals surface area contributed by atoms with Crippen LogP contribution in [0.15, 0.2) is 72.8 Å². The Balaban J connectivity index is 1.82. The summed E-state index contributed by atoms with van der Waals surface area (Å²) in [5, 5.41) is 13.9. The van der Waals surface area contributed by atoms with Crippen molar-refractivity contribution in [2.24, 2.45) is 0 Å². The zero-order valence-electron chi connectivity index (χ0n) is 19.0. The summed E-state index contributed by atoms with van der Waals surface area (Å²) in [4.78, 5) is 26.4. The van der Waals surface area contributed by atoms with E-state index in [1.165, 1.54) is 5.01 Å². The molecular weight excluding hydrogens is 418 g/mol. The molecule has 0 saturated heterocycles. The molecule has 7 heteroatoms. The third-order valence-corrected chi connectivity index (χ3v) is 5.20. The Labute approximate surface area is 194 Å². The lowest BCUT2D eigenvalue weighted by Gasteiger charge is -2.28. The molecule has 1 unspecified atom stereocenters. The molecule has 0 aromatic heterocycles. The predicted octanol–water partition coefficient (Wildman–Crippen LogP) is 3.93. The lowest BCUT2D eigenvalue weighted by molar-refractivity contribution is -0.131. The number of ether oxygens (including phenoxy) is 1. The monoisotopic (exact) mass is 447 g/mol. The third kappa shape index (κ3) is 6.49. The first-order valence-corrected chi connectivity index (χ1v) is 10.8. The van der Waals surface area contributed by atoms with Gasteiger partial charge in [0.1, 0.15) is 17.5 Å².